The van der Waals surface area contributed by atoms with Crippen molar-refractivity contribution in [3.05, 3.63) is 103 Å². The molecule has 0 saturated carbocycles. The molecule has 1 heterocycles. The van der Waals surface area contributed by atoms with E-state index in [1.165, 1.54) is 54.6 Å². The van der Waals surface area contributed by atoms with Crippen LogP contribution in [0, 0.1) is 30.3 Å². The normalized spacial score (nSPS) is 13.6. The third-order valence-corrected chi connectivity index (χ3v) is 4.80. The van der Waals surface area contributed by atoms with Crippen molar-refractivity contribution in [2.45, 2.75) is 0 Å². The van der Waals surface area contributed by atoms with E-state index >= 15 is 0 Å². The van der Waals surface area contributed by atoms with E-state index in [1.807, 2.05) is 0 Å². The average molecular weight is 447 g/mol. The highest BCUT2D eigenvalue weighted by Crippen LogP contribution is 2.16. The lowest BCUT2D eigenvalue weighted by molar-refractivity contribution is -0.384. The van der Waals surface area contributed by atoms with Crippen molar-refractivity contribution in [2.24, 2.45) is 0 Å². The smallest absolute Gasteiger partial charge is 0.445 e. The van der Waals surface area contributed by atoms with Crippen molar-refractivity contribution >= 4 is 54.8 Å². The van der Waals surface area contributed by atoms with Crippen LogP contribution in [-0.4, -0.2) is 36.1 Å². The Hall–Kier alpha value is -4.07. The average Bonchev–Trinajstić information content (AvgIpc) is 2.84. The first kappa shape index (κ1) is 22.1. The SMILES string of the molecule is O=[N+]([O-])c1cccc(B2OB(c3cccc([N+](=O)[O-])c3)OB(c3cccc([N+](=O)[O-])c3)O2)c1. The van der Waals surface area contributed by atoms with Crippen molar-refractivity contribution in [3.63, 3.8) is 0 Å². The maximum absolute atomic E-state index is 11.2. The van der Waals surface area contributed by atoms with Gasteiger partial charge in [0, 0.05) is 36.4 Å². The molecule has 33 heavy (non-hydrogen) atoms. The van der Waals surface area contributed by atoms with Gasteiger partial charge in [0.1, 0.15) is 0 Å². The van der Waals surface area contributed by atoms with Crippen molar-refractivity contribution in [3.8, 4) is 0 Å². The maximum Gasteiger partial charge on any atom is 0.467 e. The zero-order valence-corrected chi connectivity index (χ0v) is 16.7. The number of nitrogens with zero attached hydrogens (tertiary/aromatic N) is 3. The number of nitro groups is 3. The summed E-state index contributed by atoms with van der Waals surface area (Å²) in [5.74, 6) is 0. The molecule has 0 spiro atoms. The van der Waals surface area contributed by atoms with Crippen LogP contribution < -0.4 is 16.4 Å². The molecule has 1 saturated heterocycles. The monoisotopic (exact) mass is 447 g/mol. The van der Waals surface area contributed by atoms with E-state index in [0.717, 1.165) is 0 Å². The molecule has 0 unspecified atom stereocenters. The fraction of sp³-hybridized carbons (Fsp3) is 0. The molecule has 1 aliphatic rings. The van der Waals surface area contributed by atoms with Crippen molar-refractivity contribution in [1.29, 1.82) is 0 Å². The molecule has 1 fully saturated rings. The van der Waals surface area contributed by atoms with Gasteiger partial charge in [-0.3, -0.25) is 30.3 Å². The Labute approximate surface area is 187 Å². The summed E-state index contributed by atoms with van der Waals surface area (Å²) in [5, 5.41) is 33.5. The van der Waals surface area contributed by atoms with Crippen LogP contribution in [0.5, 0.6) is 0 Å². The van der Waals surface area contributed by atoms with Gasteiger partial charge in [0.2, 0.25) is 0 Å². The molecule has 0 N–H and O–H groups in total. The minimum atomic E-state index is -1.16. The van der Waals surface area contributed by atoms with Gasteiger partial charge in [0.15, 0.2) is 0 Å². The second-order valence-corrected chi connectivity index (χ2v) is 6.96. The van der Waals surface area contributed by atoms with E-state index < -0.39 is 36.1 Å². The lowest BCUT2D eigenvalue weighted by Crippen LogP contribution is -2.61. The molecule has 15 heteroatoms. The van der Waals surface area contributed by atoms with Crippen LogP contribution in [0.15, 0.2) is 72.8 Å². The molecule has 12 nitrogen and oxygen atoms in total. The largest absolute Gasteiger partial charge is 0.467 e. The van der Waals surface area contributed by atoms with Gasteiger partial charge in [-0.15, -0.1) is 0 Å². The minimum absolute atomic E-state index is 0.190. The first-order valence-corrected chi connectivity index (χ1v) is 9.51. The molecule has 0 aromatic heterocycles. The molecule has 0 radical (unpaired) electrons. The van der Waals surface area contributed by atoms with Crippen molar-refractivity contribution in [2.75, 3.05) is 0 Å². The van der Waals surface area contributed by atoms with Gasteiger partial charge in [-0.1, -0.05) is 36.4 Å². The van der Waals surface area contributed by atoms with Gasteiger partial charge in [0.05, 0.1) is 14.8 Å². The van der Waals surface area contributed by atoms with Crippen LogP contribution in [0.3, 0.4) is 0 Å². The van der Waals surface area contributed by atoms with Crippen LogP contribution in [-0.2, 0) is 13.7 Å². The highest BCUT2D eigenvalue weighted by atomic mass is 16.7. The number of rotatable bonds is 6. The van der Waals surface area contributed by atoms with Crippen LogP contribution in [0.2, 0.25) is 0 Å². The summed E-state index contributed by atoms with van der Waals surface area (Å²) in [6, 6.07) is 16.8. The Balaban J connectivity index is 1.73. The summed E-state index contributed by atoms with van der Waals surface area (Å²) < 4.78 is 17.5. The molecule has 0 aliphatic carbocycles. The van der Waals surface area contributed by atoms with Crippen molar-refractivity contribution in [1.82, 2.24) is 0 Å². The topological polar surface area (TPSA) is 157 Å². The van der Waals surface area contributed by atoms with Gasteiger partial charge in [0.25, 0.3) is 17.1 Å². The summed E-state index contributed by atoms with van der Waals surface area (Å²) in [7, 11) is -3.48. The molecule has 0 atom stereocenters. The van der Waals surface area contributed by atoms with Crippen LogP contribution in [0.4, 0.5) is 17.1 Å². The Kier molecular flexibility index (Phi) is 6.17. The molecular formula is C18H12B3N3O9. The van der Waals surface area contributed by atoms with Crippen LogP contribution >= 0.6 is 0 Å². The lowest BCUT2D eigenvalue weighted by Gasteiger charge is -2.31. The van der Waals surface area contributed by atoms with E-state index in [-0.39, 0.29) is 17.1 Å². The first-order valence-electron chi connectivity index (χ1n) is 9.51. The molecule has 1 aliphatic heterocycles. The first-order chi connectivity index (χ1) is 15.8. The Bertz CT molecular complexity index is 1090. The van der Waals surface area contributed by atoms with Gasteiger partial charge in [-0.2, -0.15) is 0 Å². The van der Waals surface area contributed by atoms with Crippen molar-refractivity contribution < 1.29 is 28.5 Å². The number of hydrogen-bond donors (Lipinski definition) is 0. The standard InChI is InChI=1S/C18H12B3N3O9/c25-22(26)16-7-1-4-13(10-16)19-31-20(14-5-2-8-17(11-14)23(27)28)33-21(32-19)15-6-3-9-18(12-15)24(29)30/h1-12H. The molecule has 0 amide bonds. The number of nitro benzene ring substituents is 3. The number of hydrogen-bond acceptors (Lipinski definition) is 9. The summed E-state index contributed by atoms with van der Waals surface area (Å²) in [5.41, 5.74) is 0.343. The van der Waals surface area contributed by atoms with E-state index in [1.54, 1.807) is 18.2 Å². The van der Waals surface area contributed by atoms with E-state index in [2.05, 4.69) is 0 Å². The third kappa shape index (κ3) is 4.90. The summed E-state index contributed by atoms with van der Waals surface area (Å²) in [6.45, 7) is 0. The zero-order chi connectivity index (χ0) is 23.5. The van der Waals surface area contributed by atoms with Gasteiger partial charge < -0.3 is 13.7 Å². The zero-order valence-electron chi connectivity index (χ0n) is 16.7. The molecule has 3 aromatic carbocycles. The van der Waals surface area contributed by atoms with Gasteiger partial charge >= 0.3 is 21.4 Å². The second kappa shape index (κ2) is 9.20. The predicted octanol–water partition coefficient (Wildman–Crippen LogP) is 0.961. The maximum atomic E-state index is 11.2. The summed E-state index contributed by atoms with van der Waals surface area (Å²) >= 11 is 0. The molecular weight excluding hydrogens is 435 g/mol. The van der Waals surface area contributed by atoms with Crippen LogP contribution in [0.25, 0.3) is 0 Å². The molecule has 0 bridgehead atoms. The van der Waals surface area contributed by atoms with E-state index in [9.17, 15) is 30.3 Å². The Morgan fingerprint density at radius 3 is 1.03 bits per heavy atom. The lowest BCUT2D eigenvalue weighted by atomic mass is 9.61. The molecule has 162 valence electrons. The highest BCUT2D eigenvalue weighted by molar-refractivity contribution is 6.87. The minimum Gasteiger partial charge on any atom is -0.445 e. The summed E-state index contributed by atoms with van der Waals surface area (Å²) in [6.07, 6.45) is 0. The molecule has 4 rings (SSSR count). The van der Waals surface area contributed by atoms with E-state index in [4.69, 9.17) is 13.7 Å². The number of non-ortho nitro benzene ring substituents is 3. The second-order valence-electron chi connectivity index (χ2n) is 6.96. The van der Waals surface area contributed by atoms with E-state index in [0.29, 0.717) is 16.4 Å². The summed E-state index contributed by atoms with van der Waals surface area (Å²) in [4.78, 5) is 31.8. The van der Waals surface area contributed by atoms with Gasteiger partial charge in [-0.25, -0.2) is 0 Å². The van der Waals surface area contributed by atoms with Gasteiger partial charge in [-0.05, 0) is 16.4 Å². The van der Waals surface area contributed by atoms with Crippen LogP contribution in [0.1, 0.15) is 0 Å². The Morgan fingerprint density at radius 1 is 0.515 bits per heavy atom. The fourth-order valence-corrected chi connectivity index (χ4v) is 3.26. The quantitative estimate of drug-likeness (QED) is 0.305. The Morgan fingerprint density at radius 2 is 0.788 bits per heavy atom. The highest BCUT2D eigenvalue weighted by Gasteiger charge is 2.44. The number of benzene rings is 3. The molecule has 3 aromatic rings. The third-order valence-electron chi connectivity index (χ3n) is 4.80. The predicted molar refractivity (Wildman–Crippen MR) is 119 cm³/mol. The fourth-order valence-electron chi connectivity index (χ4n) is 3.26.